The Labute approximate surface area is 209 Å². The molecule has 0 aliphatic carbocycles. The summed E-state index contributed by atoms with van der Waals surface area (Å²) in [5.41, 5.74) is 0.497. The maximum Gasteiger partial charge on any atom is 0.256 e. The van der Waals surface area contributed by atoms with Crippen molar-refractivity contribution in [2.75, 3.05) is 17.3 Å². The molecule has 0 aliphatic rings. The summed E-state index contributed by atoms with van der Waals surface area (Å²) < 4.78 is 21.9. The molecule has 2 amide bonds. The molecule has 0 bridgehead atoms. The molecule has 0 saturated carbocycles. The van der Waals surface area contributed by atoms with Gasteiger partial charge >= 0.3 is 0 Å². The van der Waals surface area contributed by atoms with Gasteiger partial charge in [-0.25, -0.2) is 4.39 Å². The number of aromatic nitrogens is 1. The predicted octanol–water partition coefficient (Wildman–Crippen LogP) is 4.72. The van der Waals surface area contributed by atoms with Gasteiger partial charge in [0.15, 0.2) is 0 Å². The number of halogens is 1. The van der Waals surface area contributed by atoms with E-state index in [0.717, 1.165) is 0 Å². The van der Waals surface area contributed by atoms with Gasteiger partial charge in [0.05, 0.1) is 17.1 Å². The molecular formula is C27H31FN4O4. The second kappa shape index (κ2) is 10.2. The number of pyridine rings is 1. The third kappa shape index (κ3) is 5.40. The minimum atomic E-state index is -0.562. The van der Waals surface area contributed by atoms with E-state index < -0.39 is 22.9 Å². The van der Waals surface area contributed by atoms with Crippen LogP contribution in [0.15, 0.2) is 47.3 Å². The molecule has 190 valence electrons. The van der Waals surface area contributed by atoms with Crippen LogP contribution in [0.3, 0.4) is 0 Å². The SMILES string of the molecule is CNC(=O)c1c(N(C=O)c2cccc(OC(C)(C)C)c2)c(C)c(=O)n(C)c1Nc1ccc(C)cc1F. The molecule has 0 spiro atoms. The average Bonchev–Trinajstić information content (AvgIpc) is 2.81. The van der Waals surface area contributed by atoms with E-state index in [4.69, 9.17) is 4.74 Å². The first-order chi connectivity index (χ1) is 16.9. The minimum absolute atomic E-state index is 0.00585. The number of carbonyl (C=O) groups excluding carboxylic acids is 2. The molecule has 0 aliphatic heterocycles. The van der Waals surface area contributed by atoms with Gasteiger partial charge in [-0.05, 0) is 64.4 Å². The normalized spacial score (nSPS) is 11.1. The van der Waals surface area contributed by atoms with E-state index in [1.807, 2.05) is 20.8 Å². The summed E-state index contributed by atoms with van der Waals surface area (Å²) in [6.07, 6.45) is 0.528. The summed E-state index contributed by atoms with van der Waals surface area (Å²) in [5.74, 6) is -0.564. The van der Waals surface area contributed by atoms with Crippen molar-refractivity contribution < 1.29 is 18.7 Å². The highest BCUT2D eigenvalue weighted by atomic mass is 19.1. The van der Waals surface area contributed by atoms with Crippen molar-refractivity contribution in [3.8, 4) is 5.75 Å². The van der Waals surface area contributed by atoms with E-state index in [1.165, 1.54) is 42.6 Å². The van der Waals surface area contributed by atoms with Crippen molar-refractivity contribution >= 4 is 35.2 Å². The Bertz CT molecular complexity index is 1380. The molecule has 0 radical (unpaired) electrons. The molecule has 0 fully saturated rings. The molecule has 9 heteroatoms. The standard InChI is InChI=1S/C27H31FN4O4/c1-16-11-12-21(20(28)13-16)30-24-22(25(34)29-6)23(17(2)26(35)31(24)7)32(15-33)18-9-8-10-19(14-18)36-27(3,4)5/h8-15,30H,1-7H3,(H,29,34). The zero-order valence-electron chi connectivity index (χ0n) is 21.5. The topological polar surface area (TPSA) is 92.7 Å². The maximum absolute atomic E-state index is 14.7. The van der Waals surface area contributed by atoms with Crippen LogP contribution in [0.25, 0.3) is 0 Å². The highest BCUT2D eigenvalue weighted by Gasteiger charge is 2.28. The Hall–Kier alpha value is -4.14. The van der Waals surface area contributed by atoms with Gasteiger partial charge in [0.25, 0.3) is 11.5 Å². The van der Waals surface area contributed by atoms with E-state index in [9.17, 15) is 18.8 Å². The number of hydrogen-bond donors (Lipinski definition) is 2. The molecule has 3 rings (SSSR count). The molecule has 2 N–H and O–H groups in total. The first-order valence-corrected chi connectivity index (χ1v) is 11.4. The molecule has 2 aromatic carbocycles. The number of aryl methyl sites for hydroxylation is 1. The van der Waals surface area contributed by atoms with Crippen molar-refractivity contribution in [3.05, 3.63) is 75.3 Å². The van der Waals surface area contributed by atoms with E-state index >= 15 is 0 Å². The van der Waals surface area contributed by atoms with Crippen LogP contribution in [0.2, 0.25) is 0 Å². The van der Waals surface area contributed by atoms with Crippen LogP contribution >= 0.6 is 0 Å². The van der Waals surface area contributed by atoms with E-state index in [2.05, 4.69) is 10.6 Å². The predicted molar refractivity (Wildman–Crippen MR) is 139 cm³/mol. The van der Waals surface area contributed by atoms with Crippen molar-refractivity contribution in [3.63, 3.8) is 0 Å². The van der Waals surface area contributed by atoms with Crippen molar-refractivity contribution in [1.29, 1.82) is 0 Å². The number of rotatable bonds is 7. The summed E-state index contributed by atoms with van der Waals surface area (Å²) in [4.78, 5) is 40.1. The van der Waals surface area contributed by atoms with Gasteiger partial charge < -0.3 is 15.4 Å². The summed E-state index contributed by atoms with van der Waals surface area (Å²) >= 11 is 0. The fraction of sp³-hybridized carbons (Fsp3) is 0.296. The van der Waals surface area contributed by atoms with Crippen LogP contribution < -0.4 is 25.8 Å². The number of carbonyl (C=O) groups is 2. The van der Waals surface area contributed by atoms with Crippen molar-refractivity contribution in [1.82, 2.24) is 9.88 Å². The lowest BCUT2D eigenvalue weighted by Gasteiger charge is -2.27. The average molecular weight is 495 g/mol. The highest BCUT2D eigenvalue weighted by Crippen LogP contribution is 2.36. The minimum Gasteiger partial charge on any atom is -0.488 e. The third-order valence-corrected chi connectivity index (χ3v) is 5.49. The van der Waals surface area contributed by atoms with Crippen LogP contribution in [-0.2, 0) is 11.8 Å². The number of anilines is 4. The zero-order valence-corrected chi connectivity index (χ0v) is 21.5. The van der Waals surface area contributed by atoms with Gasteiger partial charge in [0, 0.05) is 25.7 Å². The molecule has 8 nitrogen and oxygen atoms in total. The number of benzene rings is 2. The lowest BCUT2D eigenvalue weighted by molar-refractivity contribution is -0.106. The fourth-order valence-corrected chi connectivity index (χ4v) is 3.85. The second-order valence-electron chi connectivity index (χ2n) is 9.44. The Morgan fingerprint density at radius 1 is 1.14 bits per heavy atom. The number of hydrogen-bond acceptors (Lipinski definition) is 5. The first kappa shape index (κ1) is 26.5. The Kier molecular flexibility index (Phi) is 7.52. The molecule has 0 unspecified atom stereocenters. The Balaban J connectivity index is 2.29. The van der Waals surface area contributed by atoms with Crippen LogP contribution in [0.4, 0.5) is 27.3 Å². The quantitative estimate of drug-likeness (QED) is 0.464. The van der Waals surface area contributed by atoms with Crippen molar-refractivity contribution in [2.45, 2.75) is 40.2 Å². The lowest BCUT2D eigenvalue weighted by Crippen LogP contribution is -2.33. The largest absolute Gasteiger partial charge is 0.488 e. The molecule has 1 heterocycles. The van der Waals surface area contributed by atoms with Gasteiger partial charge in [-0.3, -0.25) is 23.9 Å². The first-order valence-electron chi connectivity index (χ1n) is 11.4. The van der Waals surface area contributed by atoms with E-state index in [1.54, 1.807) is 37.3 Å². The summed E-state index contributed by atoms with van der Waals surface area (Å²) in [5, 5.41) is 5.46. The second-order valence-corrected chi connectivity index (χ2v) is 9.44. The maximum atomic E-state index is 14.7. The summed E-state index contributed by atoms with van der Waals surface area (Å²) in [6.45, 7) is 8.98. The number of ether oxygens (including phenoxy) is 1. The van der Waals surface area contributed by atoms with Crippen molar-refractivity contribution in [2.24, 2.45) is 7.05 Å². The summed E-state index contributed by atoms with van der Waals surface area (Å²) in [7, 11) is 2.91. The molecule has 0 atom stereocenters. The monoisotopic (exact) mass is 494 g/mol. The van der Waals surface area contributed by atoms with Gasteiger partial charge in [0.1, 0.15) is 28.5 Å². The molecule has 0 saturated heterocycles. The van der Waals surface area contributed by atoms with E-state index in [0.29, 0.717) is 23.4 Å². The molecular weight excluding hydrogens is 463 g/mol. The molecule has 3 aromatic rings. The lowest BCUT2D eigenvalue weighted by atomic mass is 10.1. The van der Waals surface area contributed by atoms with Gasteiger partial charge in [-0.2, -0.15) is 0 Å². The number of amides is 2. The van der Waals surface area contributed by atoms with Crippen LogP contribution in [0.5, 0.6) is 5.75 Å². The zero-order chi connectivity index (χ0) is 26.8. The van der Waals surface area contributed by atoms with Crippen LogP contribution in [0, 0.1) is 19.7 Å². The van der Waals surface area contributed by atoms with Gasteiger partial charge in [-0.15, -0.1) is 0 Å². The Morgan fingerprint density at radius 2 is 1.83 bits per heavy atom. The number of nitrogens with one attached hydrogen (secondary N) is 2. The number of nitrogens with zero attached hydrogens (tertiary/aromatic N) is 2. The highest BCUT2D eigenvalue weighted by molar-refractivity contribution is 6.08. The van der Waals surface area contributed by atoms with Crippen LogP contribution in [-0.4, -0.2) is 29.5 Å². The smallest absolute Gasteiger partial charge is 0.256 e. The Morgan fingerprint density at radius 3 is 2.42 bits per heavy atom. The molecule has 1 aromatic heterocycles. The van der Waals surface area contributed by atoms with Gasteiger partial charge in [0.2, 0.25) is 6.41 Å². The fourth-order valence-electron chi connectivity index (χ4n) is 3.85. The van der Waals surface area contributed by atoms with Crippen LogP contribution in [0.1, 0.15) is 42.3 Å². The van der Waals surface area contributed by atoms with Gasteiger partial charge in [-0.1, -0.05) is 12.1 Å². The molecule has 36 heavy (non-hydrogen) atoms. The summed E-state index contributed by atoms with van der Waals surface area (Å²) in [6, 6.07) is 11.3. The third-order valence-electron chi connectivity index (χ3n) is 5.49. The van der Waals surface area contributed by atoms with E-state index in [-0.39, 0.29) is 28.3 Å².